The molecule has 7 heteroatoms. The molecule has 0 radical (unpaired) electrons. The first-order valence-electron chi connectivity index (χ1n) is 7.56. The molecule has 3 rings (SSSR count). The van der Waals surface area contributed by atoms with Gasteiger partial charge in [-0.25, -0.2) is 4.90 Å². The van der Waals surface area contributed by atoms with E-state index >= 15 is 0 Å². The van der Waals surface area contributed by atoms with Gasteiger partial charge in [0.05, 0.1) is 17.3 Å². The molecular formula is C18H14Cl2N2O3. The van der Waals surface area contributed by atoms with Crippen molar-refractivity contribution in [2.24, 2.45) is 0 Å². The molecule has 1 aliphatic heterocycles. The Bertz CT molecular complexity index is 863. The number of ether oxygens (including phenoxy) is 1. The van der Waals surface area contributed by atoms with Crippen molar-refractivity contribution < 1.29 is 14.3 Å². The zero-order valence-electron chi connectivity index (χ0n) is 13.3. The average Bonchev–Trinajstić information content (AvgIpc) is 2.81. The van der Waals surface area contributed by atoms with E-state index in [-0.39, 0.29) is 15.8 Å². The van der Waals surface area contributed by atoms with E-state index in [1.807, 2.05) is 6.92 Å². The summed E-state index contributed by atoms with van der Waals surface area (Å²) in [4.78, 5) is 26.0. The molecule has 2 aromatic rings. The maximum atomic E-state index is 12.7. The standard InChI is InChI=1S/C18H14Cl2N2O3/c1-2-25-12-9-7-11(8-10-12)21-16-15(20)17(23)22(18(16)24)14-6-4-3-5-13(14)19/h3-10,21H,2H2,1H3. The van der Waals surface area contributed by atoms with Gasteiger partial charge in [-0.2, -0.15) is 0 Å². The molecule has 0 aromatic heterocycles. The molecular weight excluding hydrogens is 363 g/mol. The summed E-state index contributed by atoms with van der Waals surface area (Å²) in [5.74, 6) is -0.468. The number of anilines is 2. The maximum Gasteiger partial charge on any atom is 0.283 e. The third kappa shape index (κ3) is 3.34. The number of hydrogen-bond acceptors (Lipinski definition) is 4. The van der Waals surface area contributed by atoms with Crippen LogP contribution in [0.15, 0.2) is 59.3 Å². The third-order valence-corrected chi connectivity index (χ3v) is 4.23. The highest BCUT2D eigenvalue weighted by Gasteiger charge is 2.39. The summed E-state index contributed by atoms with van der Waals surface area (Å²) in [6.45, 7) is 2.45. The van der Waals surface area contributed by atoms with Crippen LogP contribution in [0, 0.1) is 0 Å². The van der Waals surface area contributed by atoms with Gasteiger partial charge < -0.3 is 10.1 Å². The minimum absolute atomic E-state index is 0.00995. The maximum absolute atomic E-state index is 12.7. The number of hydrogen-bond donors (Lipinski definition) is 1. The van der Waals surface area contributed by atoms with Crippen LogP contribution in [0.2, 0.25) is 5.02 Å². The number of halogens is 2. The Morgan fingerprint density at radius 3 is 2.32 bits per heavy atom. The molecule has 2 aromatic carbocycles. The first-order valence-corrected chi connectivity index (χ1v) is 8.31. The number of benzene rings is 2. The highest BCUT2D eigenvalue weighted by Crippen LogP contribution is 2.34. The van der Waals surface area contributed by atoms with Crippen molar-refractivity contribution in [2.45, 2.75) is 6.92 Å². The Kier molecular flexibility index (Phi) is 4.97. The summed E-state index contributed by atoms with van der Waals surface area (Å²) in [7, 11) is 0. The van der Waals surface area contributed by atoms with E-state index < -0.39 is 11.8 Å². The van der Waals surface area contributed by atoms with Crippen molar-refractivity contribution >= 4 is 46.4 Å². The van der Waals surface area contributed by atoms with E-state index in [9.17, 15) is 9.59 Å². The second-order valence-electron chi connectivity index (χ2n) is 5.17. The van der Waals surface area contributed by atoms with Crippen LogP contribution in [0.5, 0.6) is 5.75 Å². The van der Waals surface area contributed by atoms with Gasteiger partial charge in [-0.05, 0) is 43.3 Å². The number of nitrogens with zero attached hydrogens (tertiary/aromatic N) is 1. The zero-order valence-corrected chi connectivity index (χ0v) is 14.8. The van der Waals surface area contributed by atoms with Crippen molar-refractivity contribution in [3.63, 3.8) is 0 Å². The van der Waals surface area contributed by atoms with E-state index in [1.54, 1.807) is 48.5 Å². The number of rotatable bonds is 5. The molecule has 25 heavy (non-hydrogen) atoms. The summed E-state index contributed by atoms with van der Waals surface area (Å²) < 4.78 is 5.37. The Hall–Kier alpha value is -2.50. The molecule has 0 spiro atoms. The number of nitrogens with one attached hydrogen (secondary N) is 1. The molecule has 5 nitrogen and oxygen atoms in total. The van der Waals surface area contributed by atoms with Crippen LogP contribution >= 0.6 is 23.2 Å². The lowest BCUT2D eigenvalue weighted by atomic mass is 10.2. The van der Waals surface area contributed by atoms with Gasteiger partial charge in [0.25, 0.3) is 11.8 Å². The van der Waals surface area contributed by atoms with E-state index in [2.05, 4.69) is 5.32 Å². The lowest BCUT2D eigenvalue weighted by Gasteiger charge is -2.16. The van der Waals surface area contributed by atoms with Gasteiger partial charge in [0.1, 0.15) is 16.5 Å². The fourth-order valence-corrected chi connectivity index (χ4v) is 2.84. The molecule has 1 heterocycles. The summed E-state index contributed by atoms with van der Waals surface area (Å²) in [5, 5.41) is 3.00. The number of para-hydroxylation sites is 1. The Labute approximate surface area is 154 Å². The number of imide groups is 1. The van der Waals surface area contributed by atoms with Gasteiger partial charge in [-0.1, -0.05) is 35.3 Å². The van der Waals surface area contributed by atoms with Gasteiger partial charge in [-0.3, -0.25) is 9.59 Å². The molecule has 0 bridgehead atoms. The average molecular weight is 377 g/mol. The van der Waals surface area contributed by atoms with E-state index in [0.717, 1.165) is 4.90 Å². The molecule has 1 N–H and O–H groups in total. The van der Waals surface area contributed by atoms with Crippen LogP contribution in [-0.4, -0.2) is 18.4 Å². The Morgan fingerprint density at radius 1 is 1.00 bits per heavy atom. The van der Waals surface area contributed by atoms with Crippen LogP contribution in [0.25, 0.3) is 0 Å². The second kappa shape index (κ2) is 7.17. The van der Waals surface area contributed by atoms with Crippen molar-refractivity contribution in [1.82, 2.24) is 0 Å². The normalized spacial score (nSPS) is 14.3. The Balaban J connectivity index is 1.86. The van der Waals surface area contributed by atoms with Crippen LogP contribution in [0.3, 0.4) is 0 Å². The summed E-state index contributed by atoms with van der Waals surface area (Å²) in [6, 6.07) is 13.6. The highest BCUT2D eigenvalue weighted by atomic mass is 35.5. The Morgan fingerprint density at radius 2 is 1.68 bits per heavy atom. The number of carbonyl (C=O) groups excluding carboxylic acids is 2. The van der Waals surface area contributed by atoms with Crippen LogP contribution in [0.1, 0.15) is 6.92 Å². The molecule has 0 saturated carbocycles. The zero-order chi connectivity index (χ0) is 18.0. The van der Waals surface area contributed by atoms with Crippen molar-refractivity contribution in [1.29, 1.82) is 0 Å². The molecule has 0 aliphatic carbocycles. The fraction of sp³-hybridized carbons (Fsp3) is 0.111. The van der Waals surface area contributed by atoms with Crippen LogP contribution in [0.4, 0.5) is 11.4 Å². The largest absolute Gasteiger partial charge is 0.494 e. The lowest BCUT2D eigenvalue weighted by molar-refractivity contribution is -0.120. The molecule has 0 fully saturated rings. The van der Waals surface area contributed by atoms with Gasteiger partial charge in [0.2, 0.25) is 0 Å². The molecule has 0 unspecified atom stereocenters. The first-order chi connectivity index (χ1) is 12.0. The van der Waals surface area contributed by atoms with E-state index in [0.29, 0.717) is 23.7 Å². The van der Waals surface area contributed by atoms with E-state index in [4.69, 9.17) is 27.9 Å². The fourth-order valence-electron chi connectivity index (χ4n) is 2.41. The molecule has 1 aliphatic rings. The van der Waals surface area contributed by atoms with Crippen LogP contribution in [-0.2, 0) is 9.59 Å². The molecule has 0 atom stereocenters. The van der Waals surface area contributed by atoms with Gasteiger partial charge in [0, 0.05) is 5.69 Å². The minimum Gasteiger partial charge on any atom is -0.494 e. The first kappa shape index (κ1) is 17.3. The minimum atomic E-state index is -0.617. The van der Waals surface area contributed by atoms with E-state index in [1.165, 1.54) is 0 Å². The van der Waals surface area contributed by atoms with Gasteiger partial charge in [-0.15, -0.1) is 0 Å². The number of carbonyl (C=O) groups is 2. The SMILES string of the molecule is CCOc1ccc(NC2=C(Cl)C(=O)N(c3ccccc3Cl)C2=O)cc1. The molecule has 0 saturated heterocycles. The number of amides is 2. The van der Waals surface area contributed by atoms with Gasteiger partial charge >= 0.3 is 0 Å². The second-order valence-corrected chi connectivity index (χ2v) is 5.95. The van der Waals surface area contributed by atoms with Gasteiger partial charge in [0.15, 0.2) is 0 Å². The predicted octanol–water partition coefficient (Wildman–Crippen LogP) is 4.17. The van der Waals surface area contributed by atoms with Crippen molar-refractivity contribution in [3.8, 4) is 5.75 Å². The monoisotopic (exact) mass is 376 g/mol. The summed E-state index contributed by atoms with van der Waals surface area (Å²) >= 11 is 12.2. The molecule has 128 valence electrons. The summed E-state index contributed by atoms with van der Waals surface area (Å²) in [6.07, 6.45) is 0. The van der Waals surface area contributed by atoms with Crippen LogP contribution < -0.4 is 15.0 Å². The summed E-state index contributed by atoms with van der Waals surface area (Å²) in [5.41, 5.74) is 0.912. The topological polar surface area (TPSA) is 58.6 Å². The molecule has 2 amide bonds. The highest BCUT2D eigenvalue weighted by molar-refractivity contribution is 6.53. The van der Waals surface area contributed by atoms with Crippen molar-refractivity contribution in [2.75, 3.05) is 16.8 Å². The quantitative estimate of drug-likeness (QED) is 0.795. The third-order valence-electron chi connectivity index (χ3n) is 3.56. The lowest BCUT2D eigenvalue weighted by Crippen LogP contribution is -2.32. The van der Waals surface area contributed by atoms with Crippen molar-refractivity contribution in [3.05, 3.63) is 64.3 Å². The smallest absolute Gasteiger partial charge is 0.283 e. The predicted molar refractivity (Wildman–Crippen MR) is 98.1 cm³/mol.